The number of hydrogen-bond donors (Lipinski definition) is 4. The third kappa shape index (κ3) is 6.43. The molecule has 14 nitrogen and oxygen atoms in total. The first-order chi connectivity index (χ1) is 28.2. The van der Waals surface area contributed by atoms with Gasteiger partial charge in [-0.1, -0.05) is 36.9 Å². The van der Waals surface area contributed by atoms with E-state index in [9.17, 15) is 28.8 Å². The van der Waals surface area contributed by atoms with E-state index >= 15 is 0 Å². The van der Waals surface area contributed by atoms with Crippen molar-refractivity contribution in [1.82, 2.24) is 20.5 Å². The fourth-order valence-corrected chi connectivity index (χ4v) is 9.07. The van der Waals surface area contributed by atoms with Crippen LogP contribution in [0.25, 0.3) is 10.9 Å². The summed E-state index contributed by atoms with van der Waals surface area (Å²) in [6.07, 6.45) is 7.53. The summed E-state index contributed by atoms with van der Waals surface area (Å²) in [6, 6.07) is 18.2. The van der Waals surface area contributed by atoms with Crippen LogP contribution in [0.4, 0.5) is 17.1 Å². The smallest absolute Gasteiger partial charge is 0.264 e. The number of pyridine rings is 1. The number of anilines is 3. The molecule has 4 aromatic rings. The summed E-state index contributed by atoms with van der Waals surface area (Å²) in [5.41, 5.74) is 4.65. The Hall–Kier alpha value is -6.51. The van der Waals surface area contributed by atoms with E-state index in [-0.39, 0.29) is 52.5 Å². The maximum atomic E-state index is 13.4. The van der Waals surface area contributed by atoms with Gasteiger partial charge in [0, 0.05) is 48.2 Å². The minimum absolute atomic E-state index is 0.129. The number of aromatic nitrogens is 1. The number of fused-ring (bicyclic) bond motifs is 7. The van der Waals surface area contributed by atoms with Crippen molar-refractivity contribution in [3.8, 4) is 0 Å². The molecule has 5 aliphatic rings. The monoisotopic (exact) mass is 779 g/mol. The molecule has 6 amide bonds. The molecule has 4 heterocycles. The Balaban J connectivity index is 0.749. The molecule has 0 spiro atoms. The molecule has 3 aromatic carbocycles. The first-order valence-electron chi connectivity index (χ1n) is 19.6. The van der Waals surface area contributed by atoms with Crippen molar-refractivity contribution in [2.75, 3.05) is 41.8 Å². The highest BCUT2D eigenvalue weighted by atomic mass is 16.5. The lowest BCUT2D eigenvalue weighted by Crippen LogP contribution is -2.51. The predicted octanol–water partition coefficient (Wildman–Crippen LogP) is 4.41. The van der Waals surface area contributed by atoms with Crippen molar-refractivity contribution in [3.63, 3.8) is 0 Å². The second kappa shape index (κ2) is 15.1. The highest BCUT2D eigenvalue weighted by Gasteiger charge is 2.59. The first kappa shape index (κ1) is 37.1. The lowest BCUT2D eigenvalue weighted by Gasteiger charge is -2.29. The predicted molar refractivity (Wildman–Crippen MR) is 215 cm³/mol. The lowest BCUT2D eigenvalue weighted by atomic mass is 9.85. The van der Waals surface area contributed by atoms with Gasteiger partial charge in [0.05, 0.1) is 53.1 Å². The minimum Gasteiger partial charge on any atom is -0.382 e. The molecule has 9 rings (SSSR count). The lowest BCUT2D eigenvalue weighted by molar-refractivity contribution is -0.125. The zero-order chi connectivity index (χ0) is 40.1. The molecule has 2 saturated heterocycles. The Morgan fingerprint density at radius 3 is 2.34 bits per heavy atom. The number of ether oxygens (including phenoxy) is 1. The molecule has 1 saturated carbocycles. The van der Waals surface area contributed by atoms with Gasteiger partial charge in [0.1, 0.15) is 6.04 Å². The number of imide groups is 2. The quantitative estimate of drug-likeness (QED) is 0.0864. The Bertz CT molecular complexity index is 2420. The summed E-state index contributed by atoms with van der Waals surface area (Å²) in [5, 5.41) is 13.1. The van der Waals surface area contributed by atoms with Crippen molar-refractivity contribution >= 4 is 63.4 Å². The number of amides is 6. The van der Waals surface area contributed by atoms with Gasteiger partial charge in [-0.25, -0.2) is 0 Å². The van der Waals surface area contributed by atoms with Crippen LogP contribution < -0.4 is 26.2 Å². The van der Waals surface area contributed by atoms with E-state index in [1.165, 1.54) is 4.90 Å². The number of carbonyl (C=O) groups is 6. The highest BCUT2D eigenvalue weighted by molar-refractivity contribution is 6.25. The van der Waals surface area contributed by atoms with Crippen LogP contribution in [0.5, 0.6) is 0 Å². The maximum absolute atomic E-state index is 13.4. The van der Waals surface area contributed by atoms with Gasteiger partial charge in [0.2, 0.25) is 17.7 Å². The second-order valence-electron chi connectivity index (χ2n) is 15.3. The van der Waals surface area contributed by atoms with E-state index in [0.717, 1.165) is 22.3 Å². The average Bonchev–Trinajstić information content (AvgIpc) is 3.97. The summed E-state index contributed by atoms with van der Waals surface area (Å²) in [7, 11) is 0. The molecule has 3 aliphatic heterocycles. The molecule has 3 fully saturated rings. The van der Waals surface area contributed by atoms with Gasteiger partial charge in [-0.15, -0.1) is 0 Å². The third-order valence-electron chi connectivity index (χ3n) is 11.8. The van der Waals surface area contributed by atoms with Crippen LogP contribution in [0, 0.1) is 23.7 Å². The van der Waals surface area contributed by atoms with Crippen LogP contribution in [0.2, 0.25) is 0 Å². The molecule has 294 valence electrons. The van der Waals surface area contributed by atoms with Gasteiger partial charge in [0.25, 0.3) is 17.7 Å². The fraction of sp³-hybridized carbons (Fsp3) is 0.295. The van der Waals surface area contributed by atoms with Gasteiger partial charge in [-0.05, 0) is 85.2 Å². The zero-order valence-corrected chi connectivity index (χ0v) is 31.5. The van der Waals surface area contributed by atoms with Gasteiger partial charge in [-0.3, -0.25) is 43.6 Å². The molecule has 1 aromatic heterocycles. The molecule has 2 aliphatic carbocycles. The summed E-state index contributed by atoms with van der Waals surface area (Å²) in [4.78, 5) is 85.8. The van der Waals surface area contributed by atoms with E-state index < -0.39 is 23.8 Å². The van der Waals surface area contributed by atoms with Crippen molar-refractivity contribution in [2.24, 2.45) is 23.7 Å². The number of hydrogen-bond acceptors (Lipinski definition) is 10. The second-order valence-corrected chi connectivity index (χ2v) is 15.3. The number of rotatable bonds is 13. The summed E-state index contributed by atoms with van der Waals surface area (Å²) in [6.45, 7) is 6.03. The molecule has 58 heavy (non-hydrogen) atoms. The standard InChI is InChI=1S/C44H41N7O7/c1-24-8-15-34(40(53)48-24)51-41(54)31-5-3-6-32(37(31)44(51)57)46-19-21-58-20-18-45-23-28-16-17-47-38-30(28)4-2-7-33(38)49-39(52)25-11-13-29(14-12-25)50-42(55)35-26-9-10-27(22-26)36(35)43(50)56/h2-7,9-14,16-17,26-27,34-36,45-46H,1,8,15,18-23H2,(H,48,53)(H,49,52)/t26-,27+,34?,35-,36+. The zero-order valence-electron chi connectivity index (χ0n) is 31.5. The van der Waals surface area contributed by atoms with Gasteiger partial charge >= 0.3 is 0 Å². The van der Waals surface area contributed by atoms with Crippen molar-refractivity contribution < 1.29 is 33.5 Å². The number of nitrogens with one attached hydrogen (secondary N) is 4. The Morgan fingerprint density at radius 2 is 1.59 bits per heavy atom. The van der Waals surface area contributed by atoms with Gasteiger partial charge in [-0.2, -0.15) is 0 Å². The van der Waals surface area contributed by atoms with E-state index in [4.69, 9.17) is 4.74 Å². The topological polar surface area (TPSA) is 179 Å². The van der Waals surface area contributed by atoms with Crippen LogP contribution in [0.3, 0.4) is 0 Å². The van der Waals surface area contributed by atoms with Crippen LogP contribution >= 0.6 is 0 Å². The SMILES string of the molecule is C=C1CCC(N2C(=O)c3cccc(NCCOCCNCc4ccnc5c(NC(=O)c6ccc(N7C(=O)[C@@H]8[C@H](C7=O)[C@@H]7C=C[C@H]8C7)cc6)cccc45)c3C2=O)C(=O)N1. The summed E-state index contributed by atoms with van der Waals surface area (Å²) >= 11 is 0. The minimum atomic E-state index is -0.873. The van der Waals surface area contributed by atoms with Crippen LogP contribution in [0.15, 0.2) is 97.4 Å². The normalized spacial score (nSPS) is 23.2. The number of piperidine rings is 1. The first-order valence-corrected chi connectivity index (χ1v) is 19.6. The van der Waals surface area contributed by atoms with E-state index in [0.29, 0.717) is 79.5 Å². The molecule has 5 atom stereocenters. The number of benzene rings is 3. The molecular weight excluding hydrogens is 739 g/mol. The number of nitrogens with zero attached hydrogens (tertiary/aromatic N) is 3. The van der Waals surface area contributed by atoms with E-state index in [2.05, 4.69) is 45.0 Å². The van der Waals surface area contributed by atoms with Crippen LogP contribution in [0.1, 0.15) is 55.9 Å². The van der Waals surface area contributed by atoms with Crippen molar-refractivity contribution in [3.05, 3.63) is 120 Å². The van der Waals surface area contributed by atoms with Crippen molar-refractivity contribution in [2.45, 2.75) is 31.8 Å². The average molecular weight is 780 g/mol. The maximum Gasteiger partial charge on any atom is 0.264 e. The van der Waals surface area contributed by atoms with Gasteiger partial charge in [0.15, 0.2) is 0 Å². The van der Waals surface area contributed by atoms with Gasteiger partial charge < -0.3 is 26.0 Å². The molecule has 0 radical (unpaired) electrons. The van der Waals surface area contributed by atoms with Crippen LogP contribution in [-0.4, -0.2) is 77.7 Å². The van der Waals surface area contributed by atoms with E-state index in [1.54, 1.807) is 54.7 Å². The number of carbonyl (C=O) groups excluding carboxylic acids is 6. The van der Waals surface area contributed by atoms with Crippen LogP contribution in [-0.2, 0) is 25.7 Å². The largest absolute Gasteiger partial charge is 0.382 e. The van der Waals surface area contributed by atoms with Crippen molar-refractivity contribution in [1.29, 1.82) is 0 Å². The Labute approximate surface area is 333 Å². The summed E-state index contributed by atoms with van der Waals surface area (Å²) < 4.78 is 5.82. The highest BCUT2D eigenvalue weighted by Crippen LogP contribution is 2.53. The molecule has 2 bridgehead atoms. The third-order valence-corrected chi connectivity index (χ3v) is 11.8. The summed E-state index contributed by atoms with van der Waals surface area (Å²) in [5.74, 6) is -2.34. The van der Waals surface area contributed by atoms with E-state index in [1.807, 2.05) is 18.2 Å². The fourth-order valence-electron chi connectivity index (χ4n) is 9.07. The Morgan fingerprint density at radius 1 is 0.862 bits per heavy atom. The molecular formula is C44H41N7O7. The molecule has 1 unspecified atom stereocenters. The number of para-hydroxylation sites is 1. The molecule has 14 heteroatoms. The number of allylic oxidation sites excluding steroid dienone is 3. The molecule has 4 N–H and O–H groups in total. The Kier molecular flexibility index (Phi) is 9.66.